The van der Waals surface area contributed by atoms with Crippen molar-refractivity contribution in [1.82, 2.24) is 10.3 Å². The Morgan fingerprint density at radius 1 is 1.38 bits per heavy atom. The molecule has 2 N–H and O–H groups in total. The number of amides is 1. The molecule has 16 heavy (non-hydrogen) atoms. The SMILES string of the molecule is O=C(NCCCCCO)c1cccc(Cl)n1. The summed E-state index contributed by atoms with van der Waals surface area (Å²) in [7, 11) is 0. The normalized spacial score (nSPS) is 10.1. The number of carbonyl (C=O) groups is 1. The lowest BCUT2D eigenvalue weighted by molar-refractivity contribution is 0.0948. The summed E-state index contributed by atoms with van der Waals surface area (Å²) >= 11 is 5.67. The molecule has 0 spiro atoms. The van der Waals surface area contributed by atoms with E-state index in [4.69, 9.17) is 16.7 Å². The van der Waals surface area contributed by atoms with Gasteiger partial charge in [0.25, 0.3) is 5.91 Å². The van der Waals surface area contributed by atoms with Gasteiger partial charge in [-0.1, -0.05) is 17.7 Å². The van der Waals surface area contributed by atoms with E-state index in [1.165, 1.54) is 0 Å². The summed E-state index contributed by atoms with van der Waals surface area (Å²) in [5, 5.41) is 11.6. The predicted molar refractivity (Wildman–Crippen MR) is 62.5 cm³/mol. The third kappa shape index (κ3) is 4.59. The number of aliphatic hydroxyl groups excluding tert-OH is 1. The molecule has 0 aliphatic heterocycles. The molecule has 88 valence electrons. The summed E-state index contributed by atoms with van der Waals surface area (Å²) in [5.74, 6) is -0.216. The van der Waals surface area contributed by atoms with Gasteiger partial charge in [0.05, 0.1) is 0 Å². The first kappa shape index (κ1) is 12.9. The van der Waals surface area contributed by atoms with Gasteiger partial charge in [-0.25, -0.2) is 4.98 Å². The molecule has 0 aliphatic carbocycles. The Labute approximate surface area is 99.6 Å². The van der Waals surface area contributed by atoms with Gasteiger partial charge in [-0.3, -0.25) is 4.79 Å². The largest absolute Gasteiger partial charge is 0.396 e. The predicted octanol–water partition coefficient (Wildman–Crippen LogP) is 1.63. The summed E-state index contributed by atoms with van der Waals surface area (Å²) < 4.78 is 0. The smallest absolute Gasteiger partial charge is 0.269 e. The lowest BCUT2D eigenvalue weighted by atomic mass is 10.2. The number of aromatic nitrogens is 1. The third-order valence-corrected chi connectivity index (χ3v) is 2.28. The Hall–Kier alpha value is -1.13. The highest BCUT2D eigenvalue weighted by molar-refractivity contribution is 6.29. The van der Waals surface area contributed by atoms with E-state index in [1.807, 2.05) is 0 Å². The second-order valence-electron chi connectivity index (χ2n) is 3.39. The van der Waals surface area contributed by atoms with E-state index >= 15 is 0 Å². The Balaban J connectivity index is 2.30. The van der Waals surface area contributed by atoms with Crippen molar-refractivity contribution in [2.75, 3.05) is 13.2 Å². The van der Waals surface area contributed by atoms with Crippen LogP contribution >= 0.6 is 11.6 Å². The minimum atomic E-state index is -0.216. The molecular weight excluding hydrogens is 228 g/mol. The van der Waals surface area contributed by atoms with Crippen LogP contribution in [0.3, 0.4) is 0 Å². The zero-order valence-corrected chi connectivity index (χ0v) is 9.70. The monoisotopic (exact) mass is 242 g/mol. The maximum absolute atomic E-state index is 11.5. The van der Waals surface area contributed by atoms with Crippen molar-refractivity contribution in [1.29, 1.82) is 0 Å². The molecule has 1 rings (SSSR count). The summed E-state index contributed by atoms with van der Waals surface area (Å²) in [6.45, 7) is 0.789. The van der Waals surface area contributed by atoms with E-state index in [1.54, 1.807) is 18.2 Å². The summed E-state index contributed by atoms with van der Waals surface area (Å²) in [5.41, 5.74) is 0.328. The van der Waals surface area contributed by atoms with Gasteiger partial charge in [0.2, 0.25) is 0 Å². The average molecular weight is 243 g/mol. The van der Waals surface area contributed by atoms with Crippen molar-refractivity contribution in [3.05, 3.63) is 29.0 Å². The minimum absolute atomic E-state index is 0.198. The fourth-order valence-electron chi connectivity index (χ4n) is 1.24. The molecule has 1 aromatic heterocycles. The fourth-order valence-corrected chi connectivity index (χ4v) is 1.40. The molecule has 0 saturated carbocycles. The van der Waals surface area contributed by atoms with Crippen LogP contribution in [-0.4, -0.2) is 29.1 Å². The van der Waals surface area contributed by atoms with Gasteiger partial charge in [0.15, 0.2) is 0 Å². The van der Waals surface area contributed by atoms with Gasteiger partial charge in [-0.15, -0.1) is 0 Å². The summed E-state index contributed by atoms with van der Waals surface area (Å²) in [4.78, 5) is 15.4. The Kier molecular flexibility index (Phi) is 5.82. The summed E-state index contributed by atoms with van der Waals surface area (Å²) in [6.07, 6.45) is 2.53. The molecule has 0 atom stereocenters. The molecule has 1 heterocycles. The van der Waals surface area contributed by atoms with Crippen LogP contribution < -0.4 is 5.32 Å². The van der Waals surface area contributed by atoms with Gasteiger partial charge in [-0.2, -0.15) is 0 Å². The summed E-state index contributed by atoms with van der Waals surface area (Å²) in [6, 6.07) is 4.94. The van der Waals surface area contributed by atoms with Crippen LogP contribution in [0.1, 0.15) is 29.8 Å². The number of unbranched alkanes of at least 4 members (excludes halogenated alkanes) is 2. The van der Waals surface area contributed by atoms with Crippen molar-refractivity contribution in [2.24, 2.45) is 0 Å². The number of rotatable bonds is 6. The number of hydrogen-bond donors (Lipinski definition) is 2. The van der Waals surface area contributed by atoms with Crippen LogP contribution in [0.5, 0.6) is 0 Å². The van der Waals surface area contributed by atoms with Gasteiger partial charge >= 0.3 is 0 Å². The van der Waals surface area contributed by atoms with E-state index < -0.39 is 0 Å². The molecule has 5 heteroatoms. The van der Waals surface area contributed by atoms with Gasteiger partial charge in [0.1, 0.15) is 10.8 Å². The first-order chi connectivity index (χ1) is 7.74. The Bertz CT molecular complexity index is 345. The number of pyridine rings is 1. The number of nitrogens with one attached hydrogen (secondary N) is 1. The van der Waals surface area contributed by atoms with Crippen molar-refractivity contribution in [3.8, 4) is 0 Å². The van der Waals surface area contributed by atoms with Crippen LogP contribution in [0.2, 0.25) is 5.15 Å². The lowest BCUT2D eigenvalue weighted by Crippen LogP contribution is -2.25. The van der Waals surface area contributed by atoms with Crippen molar-refractivity contribution < 1.29 is 9.90 Å². The number of hydrogen-bond acceptors (Lipinski definition) is 3. The zero-order valence-electron chi connectivity index (χ0n) is 8.95. The van der Waals surface area contributed by atoms with Crippen molar-refractivity contribution in [3.63, 3.8) is 0 Å². The molecule has 0 aromatic carbocycles. The molecule has 0 radical (unpaired) electrons. The average Bonchev–Trinajstić information content (AvgIpc) is 2.28. The van der Waals surface area contributed by atoms with E-state index in [0.717, 1.165) is 19.3 Å². The third-order valence-electron chi connectivity index (χ3n) is 2.07. The fraction of sp³-hybridized carbons (Fsp3) is 0.455. The standard InChI is InChI=1S/C11H15ClN2O2/c12-10-6-4-5-9(14-10)11(16)13-7-2-1-3-8-15/h4-6,15H,1-3,7-8H2,(H,13,16). The van der Waals surface area contributed by atoms with Gasteiger partial charge in [-0.05, 0) is 31.4 Å². The number of nitrogens with zero attached hydrogens (tertiary/aromatic N) is 1. The molecule has 0 unspecified atom stereocenters. The molecule has 4 nitrogen and oxygen atoms in total. The van der Waals surface area contributed by atoms with E-state index in [-0.39, 0.29) is 12.5 Å². The highest BCUT2D eigenvalue weighted by atomic mass is 35.5. The number of halogens is 1. The Morgan fingerprint density at radius 2 is 2.19 bits per heavy atom. The van der Waals surface area contributed by atoms with Crippen molar-refractivity contribution >= 4 is 17.5 Å². The molecule has 1 aromatic rings. The van der Waals surface area contributed by atoms with Crippen LogP contribution in [0.15, 0.2) is 18.2 Å². The lowest BCUT2D eigenvalue weighted by Gasteiger charge is -2.04. The second kappa shape index (κ2) is 7.19. The Morgan fingerprint density at radius 3 is 2.88 bits per heavy atom. The molecule has 0 bridgehead atoms. The number of aliphatic hydroxyl groups is 1. The maximum atomic E-state index is 11.5. The minimum Gasteiger partial charge on any atom is -0.396 e. The first-order valence-electron chi connectivity index (χ1n) is 5.25. The molecule has 0 saturated heterocycles. The molecule has 0 fully saturated rings. The number of carbonyl (C=O) groups excluding carboxylic acids is 1. The van der Waals surface area contributed by atoms with Crippen LogP contribution in [0, 0.1) is 0 Å². The molecule has 0 aliphatic rings. The first-order valence-corrected chi connectivity index (χ1v) is 5.63. The highest BCUT2D eigenvalue weighted by Gasteiger charge is 2.05. The maximum Gasteiger partial charge on any atom is 0.269 e. The van der Waals surface area contributed by atoms with Gasteiger partial charge in [0, 0.05) is 13.2 Å². The molecular formula is C11H15ClN2O2. The highest BCUT2D eigenvalue weighted by Crippen LogP contribution is 2.04. The topological polar surface area (TPSA) is 62.2 Å². The van der Waals surface area contributed by atoms with E-state index in [0.29, 0.717) is 17.4 Å². The van der Waals surface area contributed by atoms with Gasteiger partial charge < -0.3 is 10.4 Å². The second-order valence-corrected chi connectivity index (χ2v) is 3.77. The van der Waals surface area contributed by atoms with E-state index in [9.17, 15) is 4.79 Å². The zero-order chi connectivity index (χ0) is 11.8. The van der Waals surface area contributed by atoms with Crippen LogP contribution in [0.4, 0.5) is 0 Å². The van der Waals surface area contributed by atoms with Crippen LogP contribution in [0.25, 0.3) is 0 Å². The quantitative estimate of drug-likeness (QED) is 0.589. The molecule has 1 amide bonds. The van der Waals surface area contributed by atoms with Crippen LogP contribution in [-0.2, 0) is 0 Å². The van der Waals surface area contributed by atoms with E-state index in [2.05, 4.69) is 10.3 Å². The van der Waals surface area contributed by atoms with Crippen molar-refractivity contribution in [2.45, 2.75) is 19.3 Å².